The van der Waals surface area contributed by atoms with Gasteiger partial charge in [0.05, 0.1) is 12.1 Å². The zero-order valence-corrected chi connectivity index (χ0v) is 14.7. The Kier molecular flexibility index (Phi) is 7.12. The maximum absolute atomic E-state index is 12.7. The molecule has 0 atom stereocenters. The first kappa shape index (κ1) is 21.7. The van der Waals surface area contributed by atoms with Crippen LogP contribution in [0.3, 0.4) is 0 Å². The summed E-state index contributed by atoms with van der Waals surface area (Å²) in [7, 11) is 0. The second-order valence-corrected chi connectivity index (χ2v) is 5.60. The number of halogens is 4. The Morgan fingerprint density at radius 2 is 1.45 bits per heavy atom. The second-order valence-electron chi connectivity index (χ2n) is 5.60. The van der Waals surface area contributed by atoms with Gasteiger partial charge in [0.25, 0.3) is 17.7 Å². The number of alkyl halides is 3. The van der Waals surface area contributed by atoms with Crippen LogP contribution in [0.4, 0.5) is 17.6 Å². The topological polar surface area (TPSA) is 96.5 Å². The maximum atomic E-state index is 12.7. The van der Waals surface area contributed by atoms with Gasteiger partial charge in [0, 0.05) is 5.56 Å². The molecule has 3 amide bonds. The Bertz CT molecular complexity index is 868. The van der Waals surface area contributed by atoms with Gasteiger partial charge >= 0.3 is 6.18 Å². The number of carbonyl (C=O) groups is 3. The van der Waals surface area contributed by atoms with Crippen molar-refractivity contribution in [2.24, 2.45) is 0 Å². The molecule has 0 aromatic heterocycles. The van der Waals surface area contributed by atoms with Crippen molar-refractivity contribution in [1.82, 2.24) is 16.2 Å². The van der Waals surface area contributed by atoms with Crippen molar-refractivity contribution in [2.75, 3.05) is 13.2 Å². The minimum absolute atomic E-state index is 0.0671. The molecule has 7 nitrogen and oxygen atoms in total. The Morgan fingerprint density at radius 1 is 0.862 bits per heavy atom. The first-order chi connectivity index (χ1) is 13.6. The highest BCUT2D eigenvalue weighted by Gasteiger charge is 2.30. The molecule has 0 spiro atoms. The number of amides is 3. The van der Waals surface area contributed by atoms with Crippen molar-refractivity contribution >= 4 is 17.7 Å². The zero-order chi connectivity index (χ0) is 21.4. The lowest BCUT2D eigenvalue weighted by Gasteiger charge is -2.10. The summed E-state index contributed by atoms with van der Waals surface area (Å²) in [6.07, 6.45) is -4.52. The van der Waals surface area contributed by atoms with E-state index < -0.39 is 48.4 Å². The summed E-state index contributed by atoms with van der Waals surface area (Å²) >= 11 is 0. The van der Waals surface area contributed by atoms with Crippen molar-refractivity contribution in [3.63, 3.8) is 0 Å². The fraction of sp³-hybridized carbons (Fsp3) is 0.167. The van der Waals surface area contributed by atoms with Crippen LogP contribution in [0.25, 0.3) is 0 Å². The summed E-state index contributed by atoms with van der Waals surface area (Å²) in [4.78, 5) is 35.0. The molecule has 0 bridgehead atoms. The third kappa shape index (κ3) is 7.13. The standard InChI is InChI=1S/C18H15F4N3O4/c19-13-5-7-14(8-6-13)29-10-16(27)25-24-15(26)9-23-17(28)11-1-3-12(4-2-11)18(20,21)22/h1-8H,9-10H2,(H,23,28)(H,24,26)(H,25,27). The number of ether oxygens (including phenoxy) is 1. The maximum Gasteiger partial charge on any atom is 0.416 e. The van der Waals surface area contributed by atoms with E-state index in [2.05, 4.69) is 5.32 Å². The molecule has 0 radical (unpaired) electrons. The Hall–Kier alpha value is -3.63. The number of nitrogens with one attached hydrogen (secondary N) is 3. The normalized spacial score (nSPS) is 10.8. The lowest BCUT2D eigenvalue weighted by molar-refractivity contribution is -0.137. The minimum Gasteiger partial charge on any atom is -0.484 e. The highest BCUT2D eigenvalue weighted by Crippen LogP contribution is 2.29. The van der Waals surface area contributed by atoms with E-state index in [1.165, 1.54) is 12.1 Å². The molecule has 154 valence electrons. The van der Waals surface area contributed by atoms with Crippen LogP contribution in [-0.2, 0) is 15.8 Å². The highest BCUT2D eigenvalue weighted by atomic mass is 19.4. The average Bonchev–Trinajstić information content (AvgIpc) is 2.69. The molecule has 0 aliphatic heterocycles. The van der Waals surface area contributed by atoms with Gasteiger partial charge in [-0.1, -0.05) is 0 Å². The summed E-state index contributed by atoms with van der Waals surface area (Å²) in [5.41, 5.74) is 3.09. The summed E-state index contributed by atoms with van der Waals surface area (Å²) in [6.45, 7) is -0.983. The lowest BCUT2D eigenvalue weighted by Crippen LogP contribution is -2.47. The lowest BCUT2D eigenvalue weighted by atomic mass is 10.1. The molecule has 0 aliphatic rings. The Labute approximate surface area is 162 Å². The fourth-order valence-corrected chi connectivity index (χ4v) is 1.97. The zero-order valence-electron chi connectivity index (χ0n) is 14.7. The third-order valence-corrected chi connectivity index (χ3v) is 3.41. The molecule has 0 unspecified atom stereocenters. The largest absolute Gasteiger partial charge is 0.484 e. The number of carbonyl (C=O) groups excluding carboxylic acids is 3. The molecular formula is C18H15F4N3O4. The van der Waals surface area contributed by atoms with Crippen LogP contribution in [0.1, 0.15) is 15.9 Å². The van der Waals surface area contributed by atoms with Gasteiger partial charge in [-0.05, 0) is 48.5 Å². The molecule has 11 heteroatoms. The van der Waals surface area contributed by atoms with Crippen LogP contribution >= 0.6 is 0 Å². The van der Waals surface area contributed by atoms with Crippen LogP contribution in [-0.4, -0.2) is 30.9 Å². The van der Waals surface area contributed by atoms with Crippen molar-refractivity contribution in [1.29, 1.82) is 0 Å². The highest BCUT2D eigenvalue weighted by molar-refractivity contribution is 5.96. The van der Waals surface area contributed by atoms with E-state index in [-0.39, 0.29) is 11.3 Å². The van der Waals surface area contributed by atoms with Gasteiger partial charge in [-0.25, -0.2) is 4.39 Å². The SMILES string of the molecule is O=C(CNC(=O)c1ccc(C(F)(F)F)cc1)NNC(=O)COc1ccc(F)cc1. The fourth-order valence-electron chi connectivity index (χ4n) is 1.97. The smallest absolute Gasteiger partial charge is 0.416 e. The number of hydrogen-bond acceptors (Lipinski definition) is 4. The van der Waals surface area contributed by atoms with Crippen LogP contribution in [0, 0.1) is 5.82 Å². The molecule has 0 saturated heterocycles. The number of rotatable bonds is 6. The molecule has 0 fully saturated rings. The van der Waals surface area contributed by atoms with Gasteiger partial charge in [0.2, 0.25) is 0 Å². The summed E-state index contributed by atoms with van der Waals surface area (Å²) in [5, 5.41) is 2.19. The molecule has 2 aromatic carbocycles. The van der Waals surface area contributed by atoms with Gasteiger partial charge in [-0.3, -0.25) is 25.2 Å². The number of hydrogen-bond donors (Lipinski definition) is 3. The monoisotopic (exact) mass is 413 g/mol. The molecule has 0 aliphatic carbocycles. The first-order valence-electron chi connectivity index (χ1n) is 8.06. The van der Waals surface area contributed by atoms with Crippen LogP contribution in [0.5, 0.6) is 5.75 Å². The molecule has 0 heterocycles. The van der Waals surface area contributed by atoms with Crippen LogP contribution in [0.2, 0.25) is 0 Å². The molecule has 2 rings (SSSR count). The third-order valence-electron chi connectivity index (χ3n) is 3.41. The summed E-state index contributed by atoms with van der Waals surface area (Å²) in [5.74, 6) is -2.47. The average molecular weight is 413 g/mol. The van der Waals surface area contributed by atoms with E-state index >= 15 is 0 Å². The van der Waals surface area contributed by atoms with Gasteiger partial charge in [-0.2, -0.15) is 13.2 Å². The molecule has 0 saturated carbocycles. The Balaban J connectivity index is 1.70. The van der Waals surface area contributed by atoms with Gasteiger partial charge < -0.3 is 10.1 Å². The van der Waals surface area contributed by atoms with E-state index in [1.807, 2.05) is 10.9 Å². The Morgan fingerprint density at radius 3 is 2.03 bits per heavy atom. The molecule has 29 heavy (non-hydrogen) atoms. The van der Waals surface area contributed by atoms with E-state index in [4.69, 9.17) is 4.74 Å². The van der Waals surface area contributed by atoms with E-state index in [0.717, 1.165) is 36.4 Å². The van der Waals surface area contributed by atoms with Gasteiger partial charge in [0.1, 0.15) is 11.6 Å². The van der Waals surface area contributed by atoms with E-state index in [9.17, 15) is 31.9 Å². The van der Waals surface area contributed by atoms with Crippen molar-refractivity contribution in [2.45, 2.75) is 6.18 Å². The molecular weight excluding hydrogens is 398 g/mol. The van der Waals surface area contributed by atoms with Gasteiger partial charge in [0.15, 0.2) is 6.61 Å². The van der Waals surface area contributed by atoms with Gasteiger partial charge in [-0.15, -0.1) is 0 Å². The predicted molar refractivity (Wildman–Crippen MR) is 92.0 cm³/mol. The first-order valence-corrected chi connectivity index (χ1v) is 8.06. The quantitative estimate of drug-likeness (QED) is 0.497. The van der Waals surface area contributed by atoms with E-state index in [1.54, 1.807) is 0 Å². The van der Waals surface area contributed by atoms with Crippen LogP contribution < -0.4 is 20.9 Å². The molecule has 2 aromatic rings. The van der Waals surface area contributed by atoms with E-state index in [0.29, 0.717) is 0 Å². The summed E-state index contributed by atoms with van der Waals surface area (Å²) < 4.78 is 55.2. The molecule has 3 N–H and O–H groups in total. The number of hydrazine groups is 1. The van der Waals surface area contributed by atoms with Crippen molar-refractivity contribution in [3.05, 3.63) is 65.5 Å². The summed E-state index contributed by atoms with van der Waals surface area (Å²) in [6, 6.07) is 8.38. The minimum atomic E-state index is -4.52. The number of benzene rings is 2. The van der Waals surface area contributed by atoms with Crippen LogP contribution in [0.15, 0.2) is 48.5 Å². The van der Waals surface area contributed by atoms with Crippen molar-refractivity contribution < 1.29 is 36.7 Å². The predicted octanol–water partition coefficient (Wildman–Crippen LogP) is 1.80. The second kappa shape index (κ2) is 9.53. The van der Waals surface area contributed by atoms with Crippen molar-refractivity contribution in [3.8, 4) is 5.75 Å².